The predicted octanol–water partition coefficient (Wildman–Crippen LogP) is 1.66. The molecule has 6 nitrogen and oxygen atoms in total. The van der Waals surface area contributed by atoms with Gasteiger partial charge in [-0.05, 0) is 32.1 Å². The summed E-state index contributed by atoms with van der Waals surface area (Å²) in [6.07, 6.45) is 7.92. The Morgan fingerprint density at radius 3 is 2.57 bits per heavy atom. The third kappa shape index (κ3) is 10.2. The lowest BCUT2D eigenvalue weighted by molar-refractivity contribution is -0.122. The molecule has 0 bridgehead atoms. The van der Waals surface area contributed by atoms with Crippen molar-refractivity contribution in [2.24, 2.45) is 10.9 Å². The molecule has 1 fully saturated rings. The number of nitrogens with zero attached hydrogens (tertiary/aromatic N) is 1. The number of carbonyl (C=O) groups is 1. The van der Waals surface area contributed by atoms with Gasteiger partial charge in [0.15, 0.2) is 5.96 Å². The molecule has 0 heterocycles. The molecule has 23 heavy (non-hydrogen) atoms. The Labute approximate surface area is 140 Å². The van der Waals surface area contributed by atoms with Crippen molar-refractivity contribution in [2.75, 3.05) is 39.9 Å². The Balaban J connectivity index is 2.13. The molecule has 1 aliphatic rings. The Kier molecular flexibility index (Phi) is 11.3. The number of hydrogen-bond donors (Lipinski definition) is 3. The van der Waals surface area contributed by atoms with Crippen LogP contribution >= 0.6 is 0 Å². The zero-order valence-corrected chi connectivity index (χ0v) is 14.8. The van der Waals surface area contributed by atoms with Gasteiger partial charge in [0, 0.05) is 46.3 Å². The second-order valence-electron chi connectivity index (χ2n) is 6.09. The number of rotatable bonds is 10. The van der Waals surface area contributed by atoms with E-state index in [-0.39, 0.29) is 5.91 Å². The van der Waals surface area contributed by atoms with Crippen LogP contribution in [0.5, 0.6) is 0 Å². The minimum atomic E-state index is 0.181. The SMILES string of the molecule is CCNC(=NCCCOC)NCCNC(=O)CC1CCCCC1. The topological polar surface area (TPSA) is 74.8 Å². The van der Waals surface area contributed by atoms with Crippen LogP contribution in [0.1, 0.15) is 51.9 Å². The Bertz CT molecular complexity index is 341. The highest BCUT2D eigenvalue weighted by molar-refractivity contribution is 5.80. The van der Waals surface area contributed by atoms with Crippen molar-refractivity contribution < 1.29 is 9.53 Å². The van der Waals surface area contributed by atoms with Gasteiger partial charge in [0.05, 0.1) is 0 Å². The molecule has 0 aromatic rings. The average Bonchev–Trinajstić information content (AvgIpc) is 2.56. The molecule has 134 valence electrons. The van der Waals surface area contributed by atoms with Crippen molar-refractivity contribution >= 4 is 11.9 Å². The van der Waals surface area contributed by atoms with Gasteiger partial charge in [0.1, 0.15) is 0 Å². The molecular weight excluding hydrogens is 292 g/mol. The van der Waals surface area contributed by atoms with Gasteiger partial charge in [-0.3, -0.25) is 9.79 Å². The fourth-order valence-corrected chi connectivity index (χ4v) is 2.85. The minimum absolute atomic E-state index is 0.181. The molecule has 6 heteroatoms. The largest absolute Gasteiger partial charge is 0.385 e. The van der Waals surface area contributed by atoms with Crippen molar-refractivity contribution in [3.8, 4) is 0 Å². The molecule has 0 aliphatic heterocycles. The van der Waals surface area contributed by atoms with E-state index in [0.717, 1.165) is 32.1 Å². The fraction of sp³-hybridized carbons (Fsp3) is 0.882. The lowest BCUT2D eigenvalue weighted by Gasteiger charge is -2.20. The maximum atomic E-state index is 11.9. The third-order valence-electron chi connectivity index (χ3n) is 4.06. The molecule has 1 saturated carbocycles. The van der Waals surface area contributed by atoms with Crippen LogP contribution < -0.4 is 16.0 Å². The summed E-state index contributed by atoms with van der Waals surface area (Å²) >= 11 is 0. The van der Waals surface area contributed by atoms with Crippen LogP contribution in [0.25, 0.3) is 0 Å². The number of nitrogens with one attached hydrogen (secondary N) is 3. The van der Waals surface area contributed by atoms with Gasteiger partial charge < -0.3 is 20.7 Å². The molecule has 0 unspecified atom stereocenters. The summed E-state index contributed by atoms with van der Waals surface area (Å²) in [5.74, 6) is 1.57. The van der Waals surface area contributed by atoms with Crippen molar-refractivity contribution in [3.05, 3.63) is 0 Å². The van der Waals surface area contributed by atoms with Crippen molar-refractivity contribution in [2.45, 2.75) is 51.9 Å². The van der Waals surface area contributed by atoms with Crippen molar-refractivity contribution in [3.63, 3.8) is 0 Å². The van der Waals surface area contributed by atoms with Gasteiger partial charge in [0.2, 0.25) is 5.91 Å². The first-order chi connectivity index (χ1) is 11.3. The summed E-state index contributed by atoms with van der Waals surface area (Å²) in [5, 5.41) is 9.44. The van der Waals surface area contributed by atoms with Crippen LogP contribution in [0.4, 0.5) is 0 Å². The van der Waals surface area contributed by atoms with Crippen molar-refractivity contribution in [1.82, 2.24) is 16.0 Å². The molecule has 0 spiro atoms. The third-order valence-corrected chi connectivity index (χ3v) is 4.06. The molecule has 3 N–H and O–H groups in total. The van der Waals surface area contributed by atoms with Gasteiger partial charge in [-0.25, -0.2) is 0 Å². The number of amides is 1. The number of methoxy groups -OCH3 is 1. The van der Waals surface area contributed by atoms with Crippen LogP contribution in [-0.4, -0.2) is 51.8 Å². The molecule has 1 aliphatic carbocycles. The zero-order valence-electron chi connectivity index (χ0n) is 14.8. The molecule has 0 atom stereocenters. The standard InChI is InChI=1S/C17H34N4O2/c1-3-18-17(20-10-7-13-23-2)21-12-11-19-16(22)14-15-8-5-4-6-9-15/h15H,3-14H2,1-2H3,(H,19,22)(H2,18,20,21). The molecule has 0 aromatic heterocycles. The van der Waals surface area contributed by atoms with Crippen LogP contribution in [-0.2, 0) is 9.53 Å². The Morgan fingerprint density at radius 1 is 1.13 bits per heavy atom. The van der Waals surface area contributed by atoms with E-state index in [0.29, 0.717) is 25.4 Å². The highest BCUT2D eigenvalue weighted by Crippen LogP contribution is 2.25. The zero-order chi connectivity index (χ0) is 16.8. The van der Waals surface area contributed by atoms with Gasteiger partial charge in [-0.1, -0.05) is 19.3 Å². The minimum Gasteiger partial charge on any atom is -0.385 e. The first-order valence-corrected chi connectivity index (χ1v) is 9.04. The molecule has 1 amide bonds. The molecular formula is C17H34N4O2. The van der Waals surface area contributed by atoms with E-state index >= 15 is 0 Å². The second-order valence-corrected chi connectivity index (χ2v) is 6.09. The van der Waals surface area contributed by atoms with Crippen LogP contribution in [0.2, 0.25) is 0 Å². The van der Waals surface area contributed by atoms with Gasteiger partial charge in [-0.2, -0.15) is 0 Å². The van der Waals surface area contributed by atoms with E-state index in [9.17, 15) is 4.79 Å². The monoisotopic (exact) mass is 326 g/mol. The predicted molar refractivity (Wildman–Crippen MR) is 94.7 cm³/mol. The van der Waals surface area contributed by atoms with Gasteiger partial charge in [-0.15, -0.1) is 0 Å². The highest BCUT2D eigenvalue weighted by atomic mass is 16.5. The fourth-order valence-electron chi connectivity index (χ4n) is 2.85. The lowest BCUT2D eigenvalue weighted by atomic mass is 9.87. The van der Waals surface area contributed by atoms with Crippen LogP contribution in [0.3, 0.4) is 0 Å². The maximum Gasteiger partial charge on any atom is 0.220 e. The molecule has 0 radical (unpaired) electrons. The smallest absolute Gasteiger partial charge is 0.220 e. The summed E-state index contributed by atoms with van der Waals surface area (Å²) in [6, 6.07) is 0. The summed E-state index contributed by atoms with van der Waals surface area (Å²) in [4.78, 5) is 16.4. The molecule has 1 rings (SSSR count). The van der Waals surface area contributed by atoms with Gasteiger partial charge in [0.25, 0.3) is 0 Å². The van der Waals surface area contributed by atoms with E-state index in [2.05, 4.69) is 20.9 Å². The number of ether oxygens (including phenoxy) is 1. The van der Waals surface area contributed by atoms with E-state index in [1.807, 2.05) is 6.92 Å². The highest BCUT2D eigenvalue weighted by Gasteiger charge is 2.16. The summed E-state index contributed by atoms with van der Waals surface area (Å²) < 4.78 is 5.01. The number of aliphatic imine (C=N–C) groups is 1. The number of hydrogen-bond acceptors (Lipinski definition) is 3. The first-order valence-electron chi connectivity index (χ1n) is 9.04. The normalized spacial score (nSPS) is 16.2. The number of guanidine groups is 1. The Morgan fingerprint density at radius 2 is 1.87 bits per heavy atom. The first kappa shape index (κ1) is 19.7. The molecule has 0 saturated heterocycles. The van der Waals surface area contributed by atoms with Crippen LogP contribution in [0.15, 0.2) is 4.99 Å². The second kappa shape index (κ2) is 13.2. The average molecular weight is 326 g/mol. The van der Waals surface area contributed by atoms with Crippen LogP contribution in [0, 0.1) is 5.92 Å². The summed E-state index contributed by atoms with van der Waals surface area (Å²) in [5.41, 5.74) is 0. The van der Waals surface area contributed by atoms with E-state index in [4.69, 9.17) is 4.74 Å². The lowest BCUT2D eigenvalue weighted by Crippen LogP contribution is -2.41. The van der Waals surface area contributed by atoms with E-state index in [1.54, 1.807) is 7.11 Å². The van der Waals surface area contributed by atoms with E-state index in [1.165, 1.54) is 32.1 Å². The quantitative estimate of drug-likeness (QED) is 0.324. The molecule has 0 aromatic carbocycles. The maximum absolute atomic E-state index is 11.9. The summed E-state index contributed by atoms with van der Waals surface area (Å²) in [6.45, 7) is 5.64. The van der Waals surface area contributed by atoms with Crippen molar-refractivity contribution in [1.29, 1.82) is 0 Å². The summed E-state index contributed by atoms with van der Waals surface area (Å²) in [7, 11) is 1.70. The van der Waals surface area contributed by atoms with E-state index < -0.39 is 0 Å². The number of carbonyl (C=O) groups excluding carboxylic acids is 1. The van der Waals surface area contributed by atoms with Gasteiger partial charge >= 0.3 is 0 Å². The Hall–Kier alpha value is -1.30.